The zero-order valence-electron chi connectivity index (χ0n) is 19.7. The highest BCUT2D eigenvalue weighted by atomic mass is 32.2. The maximum Gasteiger partial charge on any atom is 0.387 e. The maximum absolute atomic E-state index is 14.4. The first-order valence-electron chi connectivity index (χ1n) is 10.7. The Labute approximate surface area is 203 Å². The van der Waals surface area contributed by atoms with E-state index in [0.717, 1.165) is 29.7 Å². The van der Waals surface area contributed by atoms with Crippen LogP contribution in [0.4, 0.5) is 13.2 Å². The van der Waals surface area contributed by atoms with Gasteiger partial charge in [-0.05, 0) is 52.1 Å². The summed E-state index contributed by atoms with van der Waals surface area (Å²) in [5.74, 6) is 0.719. The van der Waals surface area contributed by atoms with E-state index in [2.05, 4.69) is 27.1 Å². The zero-order valence-corrected chi connectivity index (χ0v) is 20.5. The molecule has 1 aliphatic heterocycles. The minimum Gasteiger partial charge on any atom is -0.435 e. The standard InChI is InChI=1S/C18H16F3N3O3.C5H11NOS/c1-18(2,26)9-24-14-5-10(8-25)7-22-16(14)15(23-24)12-6-11(27-17(20)21)3-4-13(12)19;1-5(6-2)3-8(7)4-5/h3-8,17,26H,9H2,1-2H3;6H,3-4H2,1-2H3. The SMILES string of the molecule is CC(C)(O)Cn1nc(-c2cc(OC(F)F)ccc2F)c2ncc(C=O)cc21.CNC1(C)CS(=O)C1. The van der Waals surface area contributed by atoms with Gasteiger partial charge in [0.1, 0.15) is 22.8 Å². The number of carbonyl (C=O) groups is 1. The molecular formula is C23H27F3N4O4S. The average Bonchev–Trinajstić information content (AvgIpc) is 3.10. The highest BCUT2D eigenvalue weighted by Gasteiger charge is 2.36. The van der Waals surface area contributed by atoms with Gasteiger partial charge in [0.15, 0.2) is 6.29 Å². The smallest absolute Gasteiger partial charge is 0.387 e. The molecule has 3 heterocycles. The lowest BCUT2D eigenvalue weighted by atomic mass is 10.1. The Bertz CT molecular complexity index is 1240. The van der Waals surface area contributed by atoms with E-state index in [1.165, 1.54) is 16.9 Å². The van der Waals surface area contributed by atoms with Gasteiger partial charge in [-0.3, -0.25) is 18.7 Å². The molecule has 3 aromatic rings. The molecule has 0 amide bonds. The molecule has 0 bridgehead atoms. The quantitative estimate of drug-likeness (QED) is 0.469. The second-order valence-electron chi connectivity index (χ2n) is 9.13. The fourth-order valence-electron chi connectivity index (χ4n) is 3.48. The summed E-state index contributed by atoms with van der Waals surface area (Å²) in [4.78, 5) is 15.2. The van der Waals surface area contributed by atoms with Crippen molar-refractivity contribution in [3.05, 3.63) is 41.8 Å². The number of nitrogens with zero attached hydrogens (tertiary/aromatic N) is 3. The third-order valence-electron chi connectivity index (χ3n) is 5.27. The van der Waals surface area contributed by atoms with Gasteiger partial charge in [0, 0.05) is 45.2 Å². The van der Waals surface area contributed by atoms with E-state index in [-0.39, 0.29) is 40.2 Å². The van der Waals surface area contributed by atoms with Crippen LogP contribution in [0.15, 0.2) is 30.5 Å². The van der Waals surface area contributed by atoms with Crippen LogP contribution < -0.4 is 10.1 Å². The van der Waals surface area contributed by atoms with Crippen molar-refractivity contribution in [1.82, 2.24) is 20.1 Å². The maximum atomic E-state index is 14.4. The molecule has 35 heavy (non-hydrogen) atoms. The summed E-state index contributed by atoms with van der Waals surface area (Å²) in [6.45, 7) is 2.21. The molecule has 0 radical (unpaired) electrons. The molecule has 1 saturated heterocycles. The van der Waals surface area contributed by atoms with Crippen molar-refractivity contribution in [2.45, 2.75) is 45.1 Å². The van der Waals surface area contributed by atoms with Gasteiger partial charge in [-0.2, -0.15) is 13.9 Å². The molecule has 8 nitrogen and oxygen atoms in total. The number of benzene rings is 1. The number of alkyl halides is 2. The van der Waals surface area contributed by atoms with E-state index < -0.39 is 28.8 Å². The van der Waals surface area contributed by atoms with Gasteiger partial charge in [0.25, 0.3) is 0 Å². The summed E-state index contributed by atoms with van der Waals surface area (Å²) in [6.07, 6.45) is 1.90. The van der Waals surface area contributed by atoms with Crippen LogP contribution in [0.5, 0.6) is 5.75 Å². The number of nitrogens with one attached hydrogen (secondary N) is 1. The summed E-state index contributed by atoms with van der Waals surface area (Å²) in [5.41, 5.74) is -0.0179. The van der Waals surface area contributed by atoms with Crippen molar-refractivity contribution >= 4 is 28.1 Å². The summed E-state index contributed by atoms with van der Waals surface area (Å²) >= 11 is 0. The van der Waals surface area contributed by atoms with Crippen LogP contribution in [0.25, 0.3) is 22.3 Å². The van der Waals surface area contributed by atoms with Crippen molar-refractivity contribution in [1.29, 1.82) is 0 Å². The van der Waals surface area contributed by atoms with Crippen LogP contribution >= 0.6 is 0 Å². The van der Waals surface area contributed by atoms with E-state index in [4.69, 9.17) is 0 Å². The Morgan fingerprint density at radius 2 is 2.03 bits per heavy atom. The molecular weight excluding hydrogens is 485 g/mol. The number of aromatic nitrogens is 3. The lowest BCUT2D eigenvalue weighted by Crippen LogP contribution is -2.58. The molecule has 4 rings (SSSR count). The molecule has 2 N–H and O–H groups in total. The van der Waals surface area contributed by atoms with Crippen LogP contribution in [0.3, 0.4) is 0 Å². The van der Waals surface area contributed by atoms with Gasteiger partial charge < -0.3 is 15.2 Å². The summed E-state index contributed by atoms with van der Waals surface area (Å²) in [7, 11) is 1.39. The van der Waals surface area contributed by atoms with Crippen molar-refractivity contribution in [2.24, 2.45) is 0 Å². The highest BCUT2D eigenvalue weighted by Crippen LogP contribution is 2.32. The van der Waals surface area contributed by atoms with Crippen LogP contribution in [0.2, 0.25) is 0 Å². The number of halogens is 3. The molecule has 0 atom stereocenters. The van der Waals surface area contributed by atoms with Crippen LogP contribution in [0, 0.1) is 5.82 Å². The van der Waals surface area contributed by atoms with Gasteiger partial charge in [0.05, 0.1) is 17.7 Å². The Morgan fingerprint density at radius 3 is 2.54 bits per heavy atom. The largest absolute Gasteiger partial charge is 0.435 e. The zero-order chi connectivity index (χ0) is 26.0. The van der Waals surface area contributed by atoms with E-state index in [1.54, 1.807) is 13.8 Å². The van der Waals surface area contributed by atoms with Gasteiger partial charge in [-0.25, -0.2) is 4.39 Å². The molecule has 0 aliphatic carbocycles. The first-order chi connectivity index (χ1) is 16.3. The van der Waals surface area contributed by atoms with Crippen molar-refractivity contribution in [2.75, 3.05) is 18.6 Å². The first-order valence-corrected chi connectivity index (χ1v) is 12.2. The minimum absolute atomic E-state index is 0.0440. The number of hydrogen-bond acceptors (Lipinski definition) is 7. The molecule has 12 heteroatoms. The summed E-state index contributed by atoms with van der Waals surface area (Å²) in [5, 5.41) is 17.5. The summed E-state index contributed by atoms with van der Waals surface area (Å²) < 4.78 is 55.6. The van der Waals surface area contributed by atoms with Crippen molar-refractivity contribution in [3.8, 4) is 17.0 Å². The fraction of sp³-hybridized carbons (Fsp3) is 0.435. The Kier molecular flexibility index (Phi) is 7.97. The minimum atomic E-state index is -3.05. The Balaban J connectivity index is 0.000000363. The molecule has 1 fully saturated rings. The molecule has 0 spiro atoms. The highest BCUT2D eigenvalue weighted by molar-refractivity contribution is 7.86. The topological polar surface area (TPSA) is 106 Å². The van der Waals surface area contributed by atoms with Crippen molar-refractivity contribution in [3.63, 3.8) is 0 Å². The van der Waals surface area contributed by atoms with E-state index >= 15 is 0 Å². The average molecular weight is 513 g/mol. The monoisotopic (exact) mass is 512 g/mol. The normalized spacial score (nSPS) is 19.7. The van der Waals surface area contributed by atoms with Gasteiger partial charge in [-0.15, -0.1) is 0 Å². The van der Waals surface area contributed by atoms with E-state index in [1.807, 2.05) is 7.05 Å². The van der Waals surface area contributed by atoms with Gasteiger partial charge in [-0.1, -0.05) is 0 Å². The Morgan fingerprint density at radius 1 is 1.34 bits per heavy atom. The van der Waals surface area contributed by atoms with Gasteiger partial charge in [0.2, 0.25) is 0 Å². The molecule has 0 saturated carbocycles. The van der Waals surface area contributed by atoms with E-state index in [0.29, 0.717) is 11.8 Å². The number of fused-ring (bicyclic) bond motifs is 1. The lowest BCUT2D eigenvalue weighted by molar-refractivity contribution is -0.0498. The predicted molar refractivity (Wildman–Crippen MR) is 127 cm³/mol. The van der Waals surface area contributed by atoms with Gasteiger partial charge >= 0.3 is 6.61 Å². The third-order valence-corrected chi connectivity index (χ3v) is 7.18. The van der Waals surface area contributed by atoms with Crippen LogP contribution in [-0.4, -0.2) is 66.7 Å². The predicted octanol–water partition coefficient (Wildman–Crippen LogP) is 3.15. The number of aldehydes is 1. The van der Waals surface area contributed by atoms with Crippen LogP contribution in [-0.2, 0) is 17.3 Å². The summed E-state index contributed by atoms with van der Waals surface area (Å²) in [6, 6.07) is 4.69. The number of carbonyl (C=O) groups excluding carboxylic acids is 1. The molecule has 1 aromatic carbocycles. The first kappa shape index (κ1) is 26.8. The van der Waals surface area contributed by atoms with Crippen molar-refractivity contribution < 1.29 is 32.0 Å². The third kappa shape index (κ3) is 6.65. The number of aliphatic hydroxyl groups is 1. The molecule has 1 aliphatic rings. The second-order valence-corrected chi connectivity index (χ2v) is 10.6. The Hall–Kier alpha value is -2.83. The number of ether oxygens (including phenoxy) is 1. The molecule has 190 valence electrons. The molecule has 2 aromatic heterocycles. The second kappa shape index (κ2) is 10.4. The molecule has 0 unspecified atom stereocenters. The number of hydrogen-bond donors (Lipinski definition) is 2. The number of rotatable bonds is 7. The lowest BCUT2D eigenvalue weighted by Gasteiger charge is -2.36. The van der Waals surface area contributed by atoms with E-state index in [9.17, 15) is 27.3 Å². The van der Waals surface area contributed by atoms with Crippen LogP contribution in [0.1, 0.15) is 31.1 Å². The fourth-order valence-corrected chi connectivity index (χ4v) is 5.10. The number of pyridine rings is 1.